The Labute approximate surface area is 121 Å². The van der Waals surface area contributed by atoms with Crippen molar-refractivity contribution >= 4 is 35.0 Å². The van der Waals surface area contributed by atoms with Crippen LogP contribution < -0.4 is 0 Å². The fourth-order valence-corrected chi connectivity index (χ4v) is 4.79. The minimum atomic E-state index is -2.62. The number of rotatable bonds is 12. The van der Waals surface area contributed by atoms with Crippen LogP contribution in [0.1, 0.15) is 19.3 Å². The Kier molecular flexibility index (Phi) is 11.7. The second kappa shape index (κ2) is 11.8. The highest BCUT2D eigenvalue weighted by Crippen LogP contribution is 2.12. The first-order chi connectivity index (χ1) is 9.14. The minimum Gasteiger partial charge on any atom is -0.468 e. The molecule has 0 heterocycles. The van der Waals surface area contributed by atoms with E-state index >= 15 is 0 Å². The minimum absolute atomic E-state index is 0.167. The number of hydrogen-bond acceptors (Lipinski definition) is 6. The van der Waals surface area contributed by atoms with E-state index in [-0.39, 0.29) is 22.3 Å². The third kappa shape index (κ3) is 8.68. The maximum absolute atomic E-state index is 11.5. The highest BCUT2D eigenvalue weighted by Gasteiger charge is 2.37. The lowest BCUT2D eigenvalue weighted by Gasteiger charge is -2.23. The van der Waals surface area contributed by atoms with Crippen LogP contribution in [0.3, 0.4) is 0 Å². The zero-order valence-electron chi connectivity index (χ0n) is 12.4. The van der Waals surface area contributed by atoms with Gasteiger partial charge in [-0.2, -0.15) is 0 Å². The normalized spacial score (nSPS) is 12.4. The van der Waals surface area contributed by atoms with Gasteiger partial charge in [0, 0.05) is 27.8 Å². The topological polar surface area (TPSA) is 63.2 Å². The van der Waals surface area contributed by atoms with E-state index < -0.39 is 8.80 Å². The molecule has 0 amide bonds. The van der Waals surface area contributed by atoms with Gasteiger partial charge in [-0.25, -0.2) is 0 Å². The Hall–Kier alpha value is -0.0394. The third-order valence-corrected chi connectivity index (χ3v) is 7.94. The zero-order valence-corrected chi connectivity index (χ0v) is 16.8. The Bertz CT molecular complexity index is 229. The van der Waals surface area contributed by atoms with E-state index in [0.717, 1.165) is 29.4 Å². The number of carbonyl (C=O) groups excluding carboxylic acids is 1. The molecule has 0 N–H and O–H groups in total. The van der Waals surface area contributed by atoms with E-state index in [4.69, 9.17) is 22.1 Å². The molecule has 0 aliphatic carbocycles. The molecule has 19 heavy (non-hydrogen) atoms. The zero-order chi connectivity index (χ0) is 14.6. The van der Waals surface area contributed by atoms with Gasteiger partial charge in [0.15, 0.2) is 0 Å². The fourth-order valence-electron chi connectivity index (χ4n) is 1.61. The van der Waals surface area contributed by atoms with Gasteiger partial charge in [-0.1, -0.05) is 6.42 Å². The molecule has 0 aromatic carbocycles. The molecule has 0 aliphatic rings. The predicted molar refractivity (Wildman–Crippen MR) is 80.8 cm³/mol. The lowest BCUT2D eigenvalue weighted by Crippen LogP contribution is -2.43. The standard InChI is InChI=1S/C10H26O6Si3/c1-12-19(13-2,14-3)9-7-15-10(11)6-4-5-8-18-16-17/h4-9,18H2,1-3,17H3. The second-order valence-electron chi connectivity index (χ2n) is 4.07. The summed E-state index contributed by atoms with van der Waals surface area (Å²) in [5.74, 6) is -0.167. The Morgan fingerprint density at radius 1 is 1.16 bits per heavy atom. The molecule has 0 fully saturated rings. The molecule has 9 heteroatoms. The average Bonchev–Trinajstić information content (AvgIpc) is 2.44. The molecule has 0 rings (SSSR count). The lowest BCUT2D eigenvalue weighted by molar-refractivity contribution is -0.143. The molecule has 0 aromatic rings. The summed E-state index contributed by atoms with van der Waals surface area (Å²) in [5.41, 5.74) is 0. The van der Waals surface area contributed by atoms with Crippen LogP contribution >= 0.6 is 0 Å². The van der Waals surface area contributed by atoms with Crippen LogP contribution in [0.25, 0.3) is 0 Å². The van der Waals surface area contributed by atoms with Crippen LogP contribution in [0.2, 0.25) is 12.1 Å². The van der Waals surface area contributed by atoms with E-state index in [1.165, 1.54) is 0 Å². The average molecular weight is 327 g/mol. The summed E-state index contributed by atoms with van der Waals surface area (Å²) in [5, 5.41) is 0. The number of ether oxygens (including phenoxy) is 1. The molecule has 0 atom stereocenters. The maximum atomic E-state index is 11.5. The van der Waals surface area contributed by atoms with Crippen molar-refractivity contribution in [1.82, 2.24) is 0 Å². The molecule has 0 radical (unpaired) electrons. The van der Waals surface area contributed by atoms with Gasteiger partial charge in [-0.15, -0.1) is 0 Å². The van der Waals surface area contributed by atoms with Crippen LogP contribution in [0.5, 0.6) is 0 Å². The van der Waals surface area contributed by atoms with Gasteiger partial charge < -0.3 is 22.1 Å². The van der Waals surface area contributed by atoms with Gasteiger partial charge in [0.2, 0.25) is 0 Å². The van der Waals surface area contributed by atoms with Crippen molar-refractivity contribution in [3.63, 3.8) is 0 Å². The molecular weight excluding hydrogens is 300 g/mol. The van der Waals surface area contributed by atoms with E-state index in [1.807, 2.05) is 0 Å². The number of esters is 1. The smallest absolute Gasteiger partial charge is 0.468 e. The van der Waals surface area contributed by atoms with Crippen molar-refractivity contribution in [2.75, 3.05) is 27.9 Å². The molecule has 0 spiro atoms. The largest absolute Gasteiger partial charge is 0.503 e. The first kappa shape index (κ1) is 19.0. The monoisotopic (exact) mass is 326 g/mol. The second-order valence-corrected chi connectivity index (χ2v) is 10.6. The Morgan fingerprint density at radius 2 is 1.79 bits per heavy atom. The molecular formula is C10H26O6Si3. The number of hydrogen-bond donors (Lipinski definition) is 0. The summed E-state index contributed by atoms with van der Waals surface area (Å²) < 4.78 is 26.1. The van der Waals surface area contributed by atoms with Gasteiger partial charge >= 0.3 is 14.8 Å². The molecule has 0 saturated carbocycles. The number of carbonyl (C=O) groups is 1. The summed E-state index contributed by atoms with van der Waals surface area (Å²) in [7, 11) is 2.56. The first-order valence-corrected chi connectivity index (χ1v) is 10.8. The summed E-state index contributed by atoms with van der Waals surface area (Å²) in [6, 6.07) is 1.62. The van der Waals surface area contributed by atoms with Crippen LogP contribution in [0, 0.1) is 0 Å². The molecule has 114 valence electrons. The Morgan fingerprint density at radius 3 is 2.32 bits per heavy atom. The van der Waals surface area contributed by atoms with Crippen LogP contribution in [-0.2, 0) is 26.9 Å². The maximum Gasteiger partial charge on any atom is 0.503 e. The van der Waals surface area contributed by atoms with Gasteiger partial charge in [0.1, 0.15) is 20.2 Å². The molecule has 0 saturated heterocycles. The van der Waals surface area contributed by atoms with Crippen molar-refractivity contribution in [2.24, 2.45) is 0 Å². The molecule has 0 aromatic heterocycles. The molecule has 0 bridgehead atoms. The molecule has 6 nitrogen and oxygen atoms in total. The van der Waals surface area contributed by atoms with Crippen LogP contribution in [-0.4, -0.2) is 63.0 Å². The summed E-state index contributed by atoms with van der Waals surface area (Å²) in [6.07, 6.45) is 2.39. The predicted octanol–water partition coefficient (Wildman–Crippen LogP) is -0.623. The van der Waals surface area contributed by atoms with Gasteiger partial charge in [0.25, 0.3) is 0 Å². The first-order valence-electron chi connectivity index (χ1n) is 6.44. The van der Waals surface area contributed by atoms with E-state index in [0.29, 0.717) is 12.5 Å². The number of unbranched alkanes of at least 4 members (excludes halogenated alkanes) is 1. The highest BCUT2D eigenvalue weighted by atomic mass is 28.4. The quantitative estimate of drug-likeness (QED) is 0.270. The van der Waals surface area contributed by atoms with E-state index in [9.17, 15) is 4.79 Å². The summed E-state index contributed by atoms with van der Waals surface area (Å²) in [4.78, 5) is 11.5. The fraction of sp³-hybridized carbons (Fsp3) is 0.900. The van der Waals surface area contributed by atoms with Crippen LogP contribution in [0.4, 0.5) is 0 Å². The van der Waals surface area contributed by atoms with Crippen LogP contribution in [0.15, 0.2) is 0 Å². The van der Waals surface area contributed by atoms with Crippen molar-refractivity contribution < 1.29 is 26.9 Å². The highest BCUT2D eigenvalue weighted by molar-refractivity contribution is 6.60. The third-order valence-electron chi connectivity index (χ3n) is 2.83. The van der Waals surface area contributed by atoms with Gasteiger partial charge in [-0.05, 0) is 12.5 Å². The van der Waals surface area contributed by atoms with Crippen molar-refractivity contribution in [2.45, 2.75) is 31.4 Å². The molecule has 0 unspecified atom stereocenters. The van der Waals surface area contributed by atoms with E-state index in [2.05, 4.69) is 0 Å². The Balaban J connectivity index is 3.67. The summed E-state index contributed by atoms with van der Waals surface area (Å²) in [6.45, 7) is 0.277. The lowest BCUT2D eigenvalue weighted by atomic mass is 10.2. The van der Waals surface area contributed by atoms with Crippen molar-refractivity contribution in [1.29, 1.82) is 0 Å². The SMILES string of the molecule is CO[Si](CCOC(=O)CCCC[SiH2]O[SiH3])(OC)OC. The van der Waals surface area contributed by atoms with Gasteiger partial charge in [0.05, 0.1) is 12.7 Å². The summed E-state index contributed by atoms with van der Waals surface area (Å²) >= 11 is 0. The van der Waals surface area contributed by atoms with Gasteiger partial charge in [-0.3, -0.25) is 4.79 Å². The van der Waals surface area contributed by atoms with Crippen molar-refractivity contribution in [3.05, 3.63) is 0 Å². The van der Waals surface area contributed by atoms with Crippen molar-refractivity contribution in [3.8, 4) is 0 Å². The van der Waals surface area contributed by atoms with E-state index in [1.54, 1.807) is 21.3 Å². The molecule has 0 aliphatic heterocycles.